The fourth-order valence-corrected chi connectivity index (χ4v) is 5.53. The van der Waals surface area contributed by atoms with Gasteiger partial charge in [-0.15, -0.1) is 0 Å². The number of non-ortho nitro benzene ring substituents is 1. The second-order valence-corrected chi connectivity index (χ2v) is 11.5. The number of halogens is 2. The van der Waals surface area contributed by atoms with Crippen LogP contribution in [0.1, 0.15) is 22.3 Å². The van der Waals surface area contributed by atoms with Crippen LogP contribution in [0, 0.1) is 24.0 Å². The van der Waals surface area contributed by atoms with Crippen LogP contribution >= 0.6 is 35.0 Å². The molecule has 0 saturated carbocycles. The number of hydrogen-bond donors (Lipinski definition) is 0. The Morgan fingerprint density at radius 2 is 1.63 bits per heavy atom. The fraction of sp³-hybridized carbons (Fsp3) is 0.125. The van der Waals surface area contributed by atoms with Crippen molar-refractivity contribution >= 4 is 69.2 Å². The number of ether oxygens (including phenoxy) is 2. The zero-order valence-corrected chi connectivity index (χ0v) is 25.7. The van der Waals surface area contributed by atoms with E-state index in [2.05, 4.69) is 0 Å². The minimum Gasteiger partial charge on any atom is -0.493 e. The van der Waals surface area contributed by atoms with E-state index in [4.69, 9.17) is 37.7 Å². The molecule has 1 aliphatic heterocycles. The Morgan fingerprint density at radius 3 is 2.28 bits per heavy atom. The normalized spacial score (nSPS) is 14.9. The van der Waals surface area contributed by atoms with E-state index in [1.807, 2.05) is 44.2 Å². The number of carbonyl (C=O) groups is 1. The minimum absolute atomic E-state index is 0.0120. The average molecular weight is 635 g/mol. The van der Waals surface area contributed by atoms with Crippen molar-refractivity contribution < 1.29 is 19.2 Å². The van der Waals surface area contributed by atoms with Crippen LogP contribution in [-0.4, -0.2) is 23.1 Å². The Labute approximate surface area is 262 Å². The first-order valence-electron chi connectivity index (χ1n) is 13.0. The molecule has 1 heterocycles. The number of hydrogen-bond acceptors (Lipinski definition) is 7. The van der Waals surface area contributed by atoms with Gasteiger partial charge in [0.2, 0.25) is 0 Å². The van der Waals surface area contributed by atoms with Gasteiger partial charge in [-0.25, -0.2) is 4.99 Å². The predicted molar refractivity (Wildman–Crippen MR) is 173 cm³/mol. The Balaban J connectivity index is 1.43. The predicted octanol–water partition coefficient (Wildman–Crippen LogP) is 8.91. The molecular weight excluding hydrogens is 609 g/mol. The van der Waals surface area contributed by atoms with Crippen LogP contribution < -0.4 is 14.4 Å². The van der Waals surface area contributed by atoms with E-state index in [0.717, 1.165) is 22.3 Å². The van der Waals surface area contributed by atoms with Crippen LogP contribution in [0.5, 0.6) is 11.5 Å². The smallest absolute Gasteiger partial charge is 0.271 e. The number of rotatable bonds is 8. The molecule has 0 atom stereocenters. The van der Waals surface area contributed by atoms with Crippen LogP contribution in [0.2, 0.25) is 10.0 Å². The molecule has 0 aromatic heterocycles. The van der Waals surface area contributed by atoms with E-state index in [-0.39, 0.29) is 18.2 Å². The lowest BCUT2D eigenvalue weighted by molar-refractivity contribution is -0.384. The van der Waals surface area contributed by atoms with Crippen molar-refractivity contribution in [1.82, 2.24) is 0 Å². The molecule has 0 bridgehead atoms. The highest BCUT2D eigenvalue weighted by molar-refractivity contribution is 8.19. The lowest BCUT2D eigenvalue weighted by atomic mass is 10.1. The molecule has 0 spiro atoms. The Hall–Kier alpha value is -4.31. The van der Waals surface area contributed by atoms with Crippen molar-refractivity contribution in [3.05, 3.63) is 126 Å². The average Bonchev–Trinajstić information content (AvgIpc) is 3.29. The SMILES string of the molecule is COc1cc(/C=C2/SC(=Nc3ccc(C)c(Cl)c3)N(c3ccc(C)c(Cl)c3)C2=O)ccc1OCc1ccc([N+](=O)[O-])cc1. The van der Waals surface area contributed by atoms with Crippen LogP contribution in [-0.2, 0) is 11.4 Å². The number of methoxy groups -OCH3 is 1. The van der Waals surface area contributed by atoms with E-state index in [1.165, 1.54) is 35.9 Å². The number of nitro benzene ring substituents is 1. The quantitative estimate of drug-likeness (QED) is 0.109. The molecule has 218 valence electrons. The number of amidine groups is 1. The van der Waals surface area contributed by atoms with Crippen LogP contribution in [0.4, 0.5) is 17.1 Å². The van der Waals surface area contributed by atoms with Crippen LogP contribution in [0.15, 0.2) is 88.8 Å². The summed E-state index contributed by atoms with van der Waals surface area (Å²) in [4.78, 5) is 31.0. The maximum atomic E-state index is 13.8. The number of nitro groups is 1. The summed E-state index contributed by atoms with van der Waals surface area (Å²) in [5.41, 5.74) is 4.54. The first-order valence-corrected chi connectivity index (χ1v) is 14.6. The third kappa shape index (κ3) is 6.85. The number of aryl methyl sites for hydroxylation is 2. The lowest BCUT2D eigenvalue weighted by Crippen LogP contribution is -2.28. The van der Waals surface area contributed by atoms with Gasteiger partial charge in [0.15, 0.2) is 16.7 Å². The summed E-state index contributed by atoms with van der Waals surface area (Å²) in [5.74, 6) is 0.708. The van der Waals surface area contributed by atoms with Crippen molar-refractivity contribution in [3.63, 3.8) is 0 Å². The Morgan fingerprint density at radius 1 is 0.930 bits per heavy atom. The van der Waals surface area contributed by atoms with Crippen LogP contribution in [0.25, 0.3) is 6.08 Å². The zero-order chi connectivity index (χ0) is 30.7. The summed E-state index contributed by atoms with van der Waals surface area (Å²) in [6.07, 6.45) is 1.77. The van der Waals surface area contributed by atoms with E-state index in [9.17, 15) is 14.9 Å². The summed E-state index contributed by atoms with van der Waals surface area (Å²) >= 11 is 14.0. The van der Waals surface area contributed by atoms with Crippen molar-refractivity contribution in [2.24, 2.45) is 4.99 Å². The number of aliphatic imine (C=N–C) groups is 1. The second kappa shape index (κ2) is 12.9. The fourth-order valence-electron chi connectivity index (χ4n) is 4.18. The molecule has 1 amide bonds. The monoisotopic (exact) mass is 633 g/mol. The standard InChI is InChI=1S/C32H25Cl2N3O5S/c1-19-4-9-23(16-26(19)33)35-32-36(25-10-5-20(2)27(34)17-25)31(38)30(43-32)15-22-8-13-28(29(14-22)41-3)42-18-21-6-11-24(12-7-21)37(39)40/h4-17H,18H2,1-3H3/b30-15+,35-32?. The molecule has 43 heavy (non-hydrogen) atoms. The highest BCUT2D eigenvalue weighted by atomic mass is 35.5. The van der Waals surface area contributed by atoms with Gasteiger partial charge in [-0.2, -0.15) is 0 Å². The molecule has 0 radical (unpaired) electrons. The molecular formula is C32H25Cl2N3O5S. The van der Waals surface area contributed by atoms with Gasteiger partial charge in [0, 0.05) is 22.2 Å². The largest absolute Gasteiger partial charge is 0.493 e. The number of nitrogens with zero attached hydrogens (tertiary/aromatic N) is 3. The third-order valence-electron chi connectivity index (χ3n) is 6.63. The van der Waals surface area contributed by atoms with Crippen molar-refractivity contribution in [3.8, 4) is 11.5 Å². The highest BCUT2D eigenvalue weighted by Gasteiger charge is 2.35. The Bertz CT molecular complexity index is 1790. The summed E-state index contributed by atoms with van der Waals surface area (Å²) in [7, 11) is 1.53. The van der Waals surface area contributed by atoms with Gasteiger partial charge in [0.05, 0.1) is 28.3 Å². The van der Waals surface area contributed by atoms with Crippen LogP contribution in [0.3, 0.4) is 0 Å². The molecule has 8 nitrogen and oxygen atoms in total. The summed E-state index contributed by atoms with van der Waals surface area (Å²) in [5, 5.41) is 12.5. The van der Waals surface area contributed by atoms with E-state index in [0.29, 0.717) is 43.0 Å². The minimum atomic E-state index is -0.448. The molecule has 1 aliphatic rings. The van der Waals surface area contributed by atoms with Crippen molar-refractivity contribution in [2.75, 3.05) is 12.0 Å². The zero-order valence-electron chi connectivity index (χ0n) is 23.3. The topological polar surface area (TPSA) is 94.3 Å². The second-order valence-electron chi connectivity index (χ2n) is 9.64. The van der Waals surface area contributed by atoms with Gasteiger partial charge in [-0.3, -0.25) is 19.8 Å². The van der Waals surface area contributed by atoms with Gasteiger partial charge < -0.3 is 9.47 Å². The number of benzene rings is 4. The molecule has 0 unspecified atom stereocenters. The number of amides is 1. The van der Waals surface area contributed by atoms with E-state index in [1.54, 1.807) is 42.5 Å². The first-order chi connectivity index (χ1) is 20.6. The maximum absolute atomic E-state index is 13.8. The molecule has 5 rings (SSSR count). The molecule has 4 aromatic carbocycles. The first kappa shape index (κ1) is 30.2. The van der Waals surface area contributed by atoms with Gasteiger partial charge in [-0.05, 0) is 102 Å². The molecule has 0 N–H and O–H groups in total. The molecule has 11 heteroatoms. The number of anilines is 1. The van der Waals surface area contributed by atoms with Crippen molar-refractivity contribution in [1.29, 1.82) is 0 Å². The molecule has 1 fully saturated rings. The van der Waals surface area contributed by atoms with Crippen molar-refractivity contribution in [2.45, 2.75) is 20.5 Å². The summed E-state index contributed by atoms with van der Waals surface area (Å²) < 4.78 is 11.5. The number of carbonyl (C=O) groups excluding carboxylic acids is 1. The molecule has 4 aromatic rings. The molecule has 0 aliphatic carbocycles. The van der Waals surface area contributed by atoms with Gasteiger partial charge in [0.25, 0.3) is 11.6 Å². The maximum Gasteiger partial charge on any atom is 0.271 e. The van der Waals surface area contributed by atoms with Gasteiger partial charge >= 0.3 is 0 Å². The van der Waals surface area contributed by atoms with E-state index >= 15 is 0 Å². The summed E-state index contributed by atoms with van der Waals surface area (Å²) in [6.45, 7) is 4.00. The lowest BCUT2D eigenvalue weighted by Gasteiger charge is -2.16. The Kier molecular flexibility index (Phi) is 9.05. The summed E-state index contributed by atoms with van der Waals surface area (Å²) in [6, 6.07) is 22.4. The van der Waals surface area contributed by atoms with Gasteiger partial charge in [0.1, 0.15) is 6.61 Å². The highest BCUT2D eigenvalue weighted by Crippen LogP contribution is 2.39. The third-order valence-corrected chi connectivity index (χ3v) is 8.41. The van der Waals surface area contributed by atoms with E-state index < -0.39 is 4.92 Å². The van der Waals surface area contributed by atoms with Gasteiger partial charge in [-0.1, -0.05) is 41.4 Å². The molecule has 1 saturated heterocycles. The number of thioether (sulfide) groups is 1.